The summed E-state index contributed by atoms with van der Waals surface area (Å²) in [6.45, 7) is 6.20. The van der Waals surface area contributed by atoms with E-state index in [-0.39, 0.29) is 5.75 Å². The SMILES string of the molecule is C=CNc1c(C(C)=Nc2ccc(OC(F)(F)F)cc2)ccn1Cc1ccc(OC)cc1. The monoisotopic (exact) mass is 429 g/mol. The predicted octanol–water partition coefficient (Wildman–Crippen LogP) is 6.14. The predicted molar refractivity (Wildman–Crippen MR) is 115 cm³/mol. The van der Waals surface area contributed by atoms with Crippen LogP contribution in [-0.2, 0) is 6.54 Å². The Hall–Kier alpha value is -3.68. The third kappa shape index (κ3) is 5.91. The number of ether oxygens (including phenoxy) is 2. The maximum absolute atomic E-state index is 12.3. The molecule has 0 bridgehead atoms. The summed E-state index contributed by atoms with van der Waals surface area (Å²) in [7, 11) is 1.62. The molecule has 0 aliphatic heterocycles. The van der Waals surface area contributed by atoms with E-state index in [0.717, 1.165) is 22.7 Å². The molecule has 0 spiro atoms. The van der Waals surface area contributed by atoms with Crippen LogP contribution in [0.1, 0.15) is 18.1 Å². The van der Waals surface area contributed by atoms with Gasteiger partial charge in [0.2, 0.25) is 0 Å². The van der Waals surface area contributed by atoms with Crippen molar-refractivity contribution in [3.8, 4) is 11.5 Å². The van der Waals surface area contributed by atoms with Crippen LogP contribution in [0.15, 0.2) is 78.6 Å². The molecule has 2 aromatic carbocycles. The first-order valence-electron chi connectivity index (χ1n) is 9.40. The Morgan fingerprint density at radius 2 is 1.71 bits per heavy atom. The highest BCUT2D eigenvalue weighted by molar-refractivity contribution is 6.04. The van der Waals surface area contributed by atoms with E-state index in [1.165, 1.54) is 24.3 Å². The number of halogens is 3. The zero-order valence-electron chi connectivity index (χ0n) is 17.1. The molecule has 0 radical (unpaired) electrons. The third-order valence-corrected chi connectivity index (χ3v) is 4.47. The lowest BCUT2D eigenvalue weighted by Gasteiger charge is -2.12. The highest BCUT2D eigenvalue weighted by atomic mass is 19.4. The summed E-state index contributed by atoms with van der Waals surface area (Å²) in [4.78, 5) is 4.53. The van der Waals surface area contributed by atoms with Crippen molar-refractivity contribution in [2.45, 2.75) is 19.8 Å². The average molecular weight is 429 g/mol. The van der Waals surface area contributed by atoms with Crippen molar-refractivity contribution in [3.05, 3.63) is 84.7 Å². The number of alkyl halides is 3. The number of methoxy groups -OCH3 is 1. The van der Waals surface area contributed by atoms with Gasteiger partial charge in [0.25, 0.3) is 0 Å². The molecule has 1 aromatic heterocycles. The Kier molecular flexibility index (Phi) is 6.69. The molecular weight excluding hydrogens is 407 g/mol. The van der Waals surface area contributed by atoms with Gasteiger partial charge in [-0.15, -0.1) is 13.2 Å². The molecule has 0 aliphatic rings. The van der Waals surface area contributed by atoms with E-state index in [9.17, 15) is 13.2 Å². The number of hydrogen-bond acceptors (Lipinski definition) is 4. The van der Waals surface area contributed by atoms with E-state index in [2.05, 4.69) is 21.6 Å². The molecule has 1 heterocycles. The largest absolute Gasteiger partial charge is 0.573 e. The Balaban J connectivity index is 1.83. The van der Waals surface area contributed by atoms with E-state index < -0.39 is 6.36 Å². The first-order valence-corrected chi connectivity index (χ1v) is 9.40. The van der Waals surface area contributed by atoms with Gasteiger partial charge in [0.05, 0.1) is 12.8 Å². The molecule has 0 amide bonds. The summed E-state index contributed by atoms with van der Waals surface area (Å²) in [5.41, 5.74) is 3.15. The van der Waals surface area contributed by atoms with Crippen molar-refractivity contribution < 1.29 is 22.6 Å². The lowest BCUT2D eigenvalue weighted by atomic mass is 10.2. The smallest absolute Gasteiger partial charge is 0.497 e. The molecule has 0 unspecified atom stereocenters. The molecular formula is C23H22F3N3O2. The van der Waals surface area contributed by atoms with Crippen LogP contribution in [0.25, 0.3) is 0 Å². The number of benzene rings is 2. The molecule has 0 aliphatic carbocycles. The lowest BCUT2D eigenvalue weighted by molar-refractivity contribution is -0.274. The molecule has 3 aromatic rings. The Bertz CT molecular complexity index is 1050. The number of aliphatic imine (C=N–C) groups is 1. The van der Waals surface area contributed by atoms with E-state index in [4.69, 9.17) is 4.74 Å². The van der Waals surface area contributed by atoms with Gasteiger partial charge in [-0.3, -0.25) is 4.99 Å². The molecule has 5 nitrogen and oxygen atoms in total. The van der Waals surface area contributed by atoms with Crippen molar-refractivity contribution in [1.82, 2.24) is 4.57 Å². The van der Waals surface area contributed by atoms with Gasteiger partial charge in [-0.2, -0.15) is 0 Å². The van der Waals surface area contributed by atoms with Crippen molar-refractivity contribution >= 4 is 17.2 Å². The van der Waals surface area contributed by atoms with E-state index in [0.29, 0.717) is 17.9 Å². The Labute approximate surface area is 178 Å². The second-order valence-corrected chi connectivity index (χ2v) is 6.64. The van der Waals surface area contributed by atoms with Crippen molar-refractivity contribution in [2.24, 2.45) is 4.99 Å². The van der Waals surface area contributed by atoms with Gasteiger partial charge in [0.15, 0.2) is 0 Å². The molecule has 162 valence electrons. The standard InChI is InChI=1S/C23H22F3N3O2/c1-4-27-22-21(13-14-29(22)15-17-5-9-19(30-3)10-6-17)16(2)28-18-7-11-20(12-8-18)31-23(24,25)26/h4-14,27H,1,15H2,2-3H3. The van der Waals surface area contributed by atoms with Gasteiger partial charge in [-0.1, -0.05) is 18.7 Å². The van der Waals surface area contributed by atoms with Gasteiger partial charge >= 0.3 is 6.36 Å². The molecule has 0 fully saturated rings. The zero-order chi connectivity index (χ0) is 22.4. The second-order valence-electron chi connectivity index (χ2n) is 6.64. The number of anilines is 1. The number of nitrogens with one attached hydrogen (secondary N) is 1. The Morgan fingerprint density at radius 3 is 2.29 bits per heavy atom. The normalized spacial score (nSPS) is 11.8. The number of aromatic nitrogens is 1. The van der Waals surface area contributed by atoms with Crippen LogP contribution in [-0.4, -0.2) is 23.8 Å². The minimum Gasteiger partial charge on any atom is -0.497 e. The van der Waals surface area contributed by atoms with Gasteiger partial charge in [-0.25, -0.2) is 0 Å². The summed E-state index contributed by atoms with van der Waals surface area (Å²) < 4.78 is 48.1. The fourth-order valence-corrected chi connectivity index (χ4v) is 3.06. The van der Waals surface area contributed by atoms with Gasteiger partial charge in [-0.05, 0) is 61.2 Å². The minimum absolute atomic E-state index is 0.288. The fraction of sp³-hybridized carbons (Fsp3) is 0.174. The van der Waals surface area contributed by atoms with E-state index in [1.54, 1.807) is 13.3 Å². The van der Waals surface area contributed by atoms with Crippen molar-refractivity contribution in [1.29, 1.82) is 0 Å². The first kappa shape index (κ1) is 22.0. The van der Waals surface area contributed by atoms with Crippen LogP contribution in [0, 0.1) is 0 Å². The Morgan fingerprint density at radius 1 is 1.06 bits per heavy atom. The van der Waals surface area contributed by atoms with Crippen molar-refractivity contribution in [2.75, 3.05) is 12.4 Å². The molecule has 0 atom stereocenters. The third-order valence-electron chi connectivity index (χ3n) is 4.47. The zero-order valence-corrected chi connectivity index (χ0v) is 17.1. The van der Waals surface area contributed by atoms with Crippen LogP contribution in [0.4, 0.5) is 24.7 Å². The molecule has 1 N–H and O–H groups in total. The molecule has 8 heteroatoms. The quantitative estimate of drug-likeness (QED) is 0.438. The minimum atomic E-state index is -4.72. The number of hydrogen-bond donors (Lipinski definition) is 1. The topological polar surface area (TPSA) is 47.8 Å². The maximum atomic E-state index is 12.3. The highest BCUT2D eigenvalue weighted by Crippen LogP contribution is 2.27. The summed E-state index contributed by atoms with van der Waals surface area (Å²) in [6, 6.07) is 15.1. The average Bonchev–Trinajstić information content (AvgIpc) is 3.12. The van der Waals surface area contributed by atoms with E-state index in [1.807, 2.05) is 48.0 Å². The van der Waals surface area contributed by atoms with Crippen molar-refractivity contribution in [3.63, 3.8) is 0 Å². The van der Waals surface area contributed by atoms with Crippen LogP contribution >= 0.6 is 0 Å². The van der Waals surface area contributed by atoms with Crippen LogP contribution < -0.4 is 14.8 Å². The second kappa shape index (κ2) is 9.42. The van der Waals surface area contributed by atoms with Crippen LogP contribution in [0.2, 0.25) is 0 Å². The molecule has 3 rings (SSSR count). The summed E-state index contributed by atoms with van der Waals surface area (Å²) in [6.07, 6.45) is -1.21. The lowest BCUT2D eigenvalue weighted by Crippen LogP contribution is -2.16. The number of nitrogens with zero attached hydrogens (tertiary/aromatic N) is 2. The van der Waals surface area contributed by atoms with Crippen LogP contribution in [0.3, 0.4) is 0 Å². The molecule has 0 saturated carbocycles. The first-order chi connectivity index (χ1) is 14.8. The van der Waals surface area contributed by atoms with E-state index >= 15 is 0 Å². The maximum Gasteiger partial charge on any atom is 0.573 e. The number of rotatable bonds is 8. The summed E-state index contributed by atoms with van der Waals surface area (Å²) in [5, 5.41) is 3.15. The van der Waals surface area contributed by atoms with Gasteiger partial charge in [0, 0.05) is 24.0 Å². The van der Waals surface area contributed by atoms with Gasteiger partial charge < -0.3 is 19.4 Å². The molecule has 31 heavy (non-hydrogen) atoms. The fourth-order valence-electron chi connectivity index (χ4n) is 3.06. The summed E-state index contributed by atoms with van der Waals surface area (Å²) in [5.74, 6) is 1.31. The van der Waals surface area contributed by atoms with Crippen LogP contribution in [0.5, 0.6) is 11.5 Å². The highest BCUT2D eigenvalue weighted by Gasteiger charge is 2.30. The molecule has 0 saturated heterocycles. The summed E-state index contributed by atoms with van der Waals surface area (Å²) >= 11 is 0. The van der Waals surface area contributed by atoms with Gasteiger partial charge in [0.1, 0.15) is 17.3 Å².